The van der Waals surface area contributed by atoms with Crippen molar-refractivity contribution in [2.75, 3.05) is 26.2 Å². The van der Waals surface area contributed by atoms with Gasteiger partial charge in [-0.3, -0.25) is 14.5 Å². The smallest absolute Gasteiger partial charge is 0.433 e. The summed E-state index contributed by atoms with van der Waals surface area (Å²) in [5, 5.41) is 7.52. The predicted molar refractivity (Wildman–Crippen MR) is 110 cm³/mol. The number of hydrogen-bond donors (Lipinski definition) is 1. The molecule has 1 fully saturated rings. The number of ether oxygens (including phenoxy) is 2. The third-order valence-corrected chi connectivity index (χ3v) is 5.09. The number of aromatic nitrogens is 3. The van der Waals surface area contributed by atoms with Crippen molar-refractivity contribution >= 4 is 22.9 Å². The summed E-state index contributed by atoms with van der Waals surface area (Å²) in [6.07, 6.45) is -3.94. The highest BCUT2D eigenvalue weighted by atomic mass is 19.4. The monoisotopic (exact) mass is 463 g/mol. The zero-order valence-corrected chi connectivity index (χ0v) is 17.6. The van der Waals surface area contributed by atoms with Crippen LogP contribution in [-0.4, -0.2) is 57.9 Å². The Balaban J connectivity index is 1.48. The first-order chi connectivity index (χ1) is 15.7. The fraction of sp³-hybridized carbons (Fsp3) is 0.333. The lowest BCUT2D eigenvalue weighted by Crippen LogP contribution is -2.36. The number of fused-ring (bicyclic) bond motifs is 1. The van der Waals surface area contributed by atoms with Crippen molar-refractivity contribution in [2.45, 2.75) is 12.8 Å². The number of carbonyl (C=O) groups is 2. The first-order valence-electron chi connectivity index (χ1n) is 10.0. The van der Waals surface area contributed by atoms with Crippen LogP contribution in [0.3, 0.4) is 0 Å². The Morgan fingerprint density at radius 1 is 1.30 bits per heavy atom. The Morgan fingerprint density at radius 3 is 2.85 bits per heavy atom. The lowest BCUT2D eigenvalue weighted by atomic mass is 10.2. The molecule has 2 amide bonds. The minimum Gasteiger partial charge on any atom is -0.489 e. The second-order valence-electron chi connectivity index (χ2n) is 7.31. The van der Waals surface area contributed by atoms with Gasteiger partial charge in [0.2, 0.25) is 0 Å². The van der Waals surface area contributed by atoms with Gasteiger partial charge in [-0.1, -0.05) is 6.07 Å². The van der Waals surface area contributed by atoms with Crippen molar-refractivity contribution in [3.8, 4) is 5.75 Å². The second-order valence-corrected chi connectivity index (χ2v) is 7.31. The van der Waals surface area contributed by atoms with Crippen molar-refractivity contribution in [3.05, 3.63) is 53.5 Å². The summed E-state index contributed by atoms with van der Waals surface area (Å²) in [4.78, 5) is 29.1. The molecule has 3 heterocycles. The van der Waals surface area contributed by atoms with Gasteiger partial charge in [0.15, 0.2) is 5.69 Å². The molecule has 0 saturated carbocycles. The summed E-state index contributed by atoms with van der Waals surface area (Å²) < 4.78 is 51.3. The first-order valence-corrected chi connectivity index (χ1v) is 10.0. The maximum Gasteiger partial charge on any atom is 0.433 e. The molecular formula is C21H20F3N5O4. The molecule has 0 aliphatic carbocycles. The second kappa shape index (κ2) is 8.96. The van der Waals surface area contributed by atoms with Crippen LogP contribution in [0.5, 0.6) is 5.75 Å². The van der Waals surface area contributed by atoms with Gasteiger partial charge in [-0.25, -0.2) is 4.79 Å². The molecule has 174 valence electrons. The Labute approximate surface area is 186 Å². The Hall–Kier alpha value is -3.83. The Bertz CT molecular complexity index is 1190. The highest BCUT2D eigenvalue weighted by Gasteiger charge is 2.35. The number of halogens is 3. The first kappa shape index (κ1) is 22.4. The van der Waals surface area contributed by atoms with E-state index >= 15 is 0 Å². The van der Waals surface area contributed by atoms with Crippen LogP contribution in [-0.2, 0) is 24.6 Å². The molecule has 0 bridgehead atoms. The normalized spacial score (nSPS) is 13.9. The van der Waals surface area contributed by atoms with Crippen molar-refractivity contribution in [2.24, 2.45) is 7.05 Å². The van der Waals surface area contributed by atoms with Gasteiger partial charge in [0, 0.05) is 37.3 Å². The van der Waals surface area contributed by atoms with E-state index in [0.717, 1.165) is 6.20 Å². The van der Waals surface area contributed by atoms with Crippen molar-refractivity contribution in [3.63, 3.8) is 0 Å². The number of nitrogens with zero attached hydrogens (tertiary/aromatic N) is 4. The van der Waals surface area contributed by atoms with E-state index in [4.69, 9.17) is 9.47 Å². The molecule has 3 aromatic rings. The highest BCUT2D eigenvalue weighted by Crippen LogP contribution is 2.31. The van der Waals surface area contributed by atoms with Crippen LogP contribution in [0.2, 0.25) is 0 Å². The van der Waals surface area contributed by atoms with Crippen molar-refractivity contribution in [1.82, 2.24) is 25.0 Å². The van der Waals surface area contributed by atoms with Crippen LogP contribution >= 0.6 is 0 Å². The molecule has 1 aromatic carbocycles. The van der Waals surface area contributed by atoms with E-state index in [1.165, 1.54) is 21.7 Å². The Morgan fingerprint density at radius 2 is 2.12 bits per heavy atom. The number of hydrogen-bond acceptors (Lipinski definition) is 6. The van der Waals surface area contributed by atoms with Crippen LogP contribution in [0.1, 0.15) is 21.7 Å². The van der Waals surface area contributed by atoms with Crippen LogP contribution in [0.4, 0.5) is 18.0 Å². The predicted octanol–water partition coefficient (Wildman–Crippen LogP) is 2.75. The molecule has 2 aromatic heterocycles. The maximum absolute atomic E-state index is 13.1. The average Bonchev–Trinajstić information content (AvgIpc) is 3.33. The average molecular weight is 463 g/mol. The largest absolute Gasteiger partial charge is 0.489 e. The van der Waals surface area contributed by atoms with E-state index in [1.807, 2.05) is 0 Å². The summed E-state index contributed by atoms with van der Waals surface area (Å²) in [5.41, 5.74) is -0.323. The van der Waals surface area contributed by atoms with E-state index in [-0.39, 0.29) is 30.2 Å². The van der Waals surface area contributed by atoms with Crippen molar-refractivity contribution < 1.29 is 32.2 Å². The summed E-state index contributed by atoms with van der Waals surface area (Å²) in [5.74, 6) is -0.127. The zero-order valence-electron chi connectivity index (χ0n) is 17.6. The molecule has 12 heteroatoms. The summed E-state index contributed by atoms with van der Waals surface area (Å²) >= 11 is 0. The van der Waals surface area contributed by atoms with E-state index in [1.54, 1.807) is 25.2 Å². The van der Waals surface area contributed by atoms with E-state index in [2.05, 4.69) is 15.4 Å². The third kappa shape index (κ3) is 4.83. The number of rotatable bonds is 7. The minimum atomic E-state index is -4.59. The number of cyclic esters (lactones) is 1. The molecule has 33 heavy (non-hydrogen) atoms. The van der Waals surface area contributed by atoms with E-state index in [9.17, 15) is 22.8 Å². The van der Waals surface area contributed by atoms with Crippen LogP contribution in [0, 0.1) is 0 Å². The topological polar surface area (TPSA) is 98.6 Å². The Kier molecular flexibility index (Phi) is 6.07. The van der Waals surface area contributed by atoms with Gasteiger partial charge < -0.3 is 19.7 Å². The van der Waals surface area contributed by atoms with Gasteiger partial charge in [0.05, 0.1) is 12.1 Å². The van der Waals surface area contributed by atoms with Crippen LogP contribution in [0.15, 0.2) is 36.5 Å². The van der Waals surface area contributed by atoms with E-state index < -0.39 is 23.9 Å². The van der Waals surface area contributed by atoms with Gasteiger partial charge in [-0.05, 0) is 24.3 Å². The number of aryl methyl sites for hydroxylation is 1. The molecular weight excluding hydrogens is 443 g/mol. The van der Waals surface area contributed by atoms with Crippen LogP contribution < -0.4 is 10.1 Å². The van der Waals surface area contributed by atoms with Crippen LogP contribution in [0.25, 0.3) is 10.9 Å². The van der Waals surface area contributed by atoms with Gasteiger partial charge in [0.1, 0.15) is 24.7 Å². The lowest BCUT2D eigenvalue weighted by Gasteiger charge is -2.13. The quantitative estimate of drug-likeness (QED) is 0.579. The van der Waals surface area contributed by atoms with Gasteiger partial charge in [0.25, 0.3) is 5.91 Å². The number of alkyl halides is 3. The molecule has 1 N–H and O–H groups in total. The molecule has 1 saturated heterocycles. The molecule has 4 rings (SSSR count). The number of carbonyl (C=O) groups excluding carboxylic acids is 2. The molecule has 0 unspecified atom stereocenters. The standard InChI is InChI=1S/C21H20F3N5O4/c1-28-17(19(30)26-7-8-29-9-10-32-20(29)31)15-11-14(4-5-16(15)27-28)33-12-13-3-2-6-25-18(13)21(22,23)24/h2-6,11H,7-10,12H2,1H3,(H,26,30). The molecule has 1 aliphatic rings. The van der Waals surface area contributed by atoms with Gasteiger partial charge >= 0.3 is 12.3 Å². The number of benzene rings is 1. The number of nitrogens with one attached hydrogen (secondary N) is 1. The summed E-state index contributed by atoms with van der Waals surface area (Å²) in [6, 6.07) is 7.45. The SMILES string of the molecule is Cn1nc2ccc(OCc3cccnc3C(F)(F)F)cc2c1C(=O)NCCN1CCOC1=O. The molecule has 0 radical (unpaired) electrons. The minimum absolute atomic E-state index is 0.102. The highest BCUT2D eigenvalue weighted by molar-refractivity contribution is 6.05. The molecule has 0 atom stereocenters. The van der Waals surface area contributed by atoms with Crippen molar-refractivity contribution in [1.29, 1.82) is 0 Å². The maximum atomic E-state index is 13.1. The molecule has 0 spiro atoms. The molecule has 9 nitrogen and oxygen atoms in total. The summed E-state index contributed by atoms with van der Waals surface area (Å²) in [6.45, 7) is 0.976. The number of amides is 2. The number of pyridine rings is 1. The fourth-order valence-corrected chi connectivity index (χ4v) is 3.53. The zero-order chi connectivity index (χ0) is 23.6. The lowest BCUT2D eigenvalue weighted by molar-refractivity contribution is -0.142. The van der Waals surface area contributed by atoms with Gasteiger partial charge in [-0.15, -0.1) is 0 Å². The fourth-order valence-electron chi connectivity index (χ4n) is 3.53. The third-order valence-electron chi connectivity index (χ3n) is 5.09. The summed E-state index contributed by atoms with van der Waals surface area (Å²) in [7, 11) is 1.61. The van der Waals surface area contributed by atoms with Gasteiger partial charge in [-0.2, -0.15) is 18.3 Å². The van der Waals surface area contributed by atoms with E-state index in [0.29, 0.717) is 30.6 Å². The molecule has 1 aliphatic heterocycles.